The van der Waals surface area contributed by atoms with E-state index in [4.69, 9.17) is 16.3 Å². The molecule has 1 N–H and O–H groups in total. The third kappa shape index (κ3) is 4.87. The van der Waals surface area contributed by atoms with Gasteiger partial charge in [-0.1, -0.05) is 29.8 Å². The SMILES string of the molecule is Cc1nc(-c2cccs2)sc1C(=O)NCC(c1ccc(Cl)cc1)N1CCOCC1. The highest BCUT2D eigenvalue weighted by Gasteiger charge is 2.24. The fourth-order valence-electron chi connectivity index (χ4n) is 3.41. The molecule has 0 saturated carbocycles. The third-order valence-electron chi connectivity index (χ3n) is 4.93. The van der Waals surface area contributed by atoms with Crippen molar-refractivity contribution >= 4 is 40.2 Å². The van der Waals surface area contributed by atoms with Crippen LogP contribution in [0.2, 0.25) is 5.02 Å². The largest absolute Gasteiger partial charge is 0.379 e. The van der Waals surface area contributed by atoms with Crippen LogP contribution >= 0.6 is 34.3 Å². The maximum absolute atomic E-state index is 12.9. The van der Waals surface area contributed by atoms with Crippen LogP contribution in [-0.2, 0) is 4.74 Å². The predicted molar refractivity (Wildman–Crippen MR) is 119 cm³/mol. The number of aryl methyl sites for hydroxylation is 1. The van der Waals surface area contributed by atoms with Crippen LogP contribution in [0.25, 0.3) is 9.88 Å². The highest BCUT2D eigenvalue weighted by atomic mass is 35.5. The quantitative estimate of drug-likeness (QED) is 0.598. The number of hydrogen-bond donors (Lipinski definition) is 1. The molecule has 1 fully saturated rings. The molecule has 29 heavy (non-hydrogen) atoms. The third-order valence-corrected chi connectivity index (χ3v) is 7.38. The van der Waals surface area contributed by atoms with E-state index in [2.05, 4.69) is 15.2 Å². The Morgan fingerprint density at radius 1 is 1.28 bits per heavy atom. The Bertz CT molecular complexity index is 951. The zero-order chi connectivity index (χ0) is 20.2. The molecule has 1 aromatic carbocycles. The molecule has 1 aliphatic heterocycles. The van der Waals surface area contributed by atoms with Crippen molar-refractivity contribution in [2.75, 3.05) is 32.8 Å². The fourth-order valence-corrected chi connectivity index (χ4v) is 5.32. The fraction of sp³-hybridized carbons (Fsp3) is 0.333. The highest BCUT2D eigenvalue weighted by Crippen LogP contribution is 2.31. The standard InChI is InChI=1S/C21H22ClN3O2S2/c1-14-19(29-21(24-14)18-3-2-12-28-18)20(26)23-13-17(25-8-10-27-11-9-25)15-4-6-16(22)7-5-15/h2-7,12,17H,8-11,13H2,1H3,(H,23,26). The molecule has 1 unspecified atom stereocenters. The van der Waals surface area contributed by atoms with Gasteiger partial charge in [-0.2, -0.15) is 0 Å². The molecule has 0 aliphatic carbocycles. The number of nitrogens with one attached hydrogen (secondary N) is 1. The van der Waals surface area contributed by atoms with E-state index < -0.39 is 0 Å². The lowest BCUT2D eigenvalue weighted by Gasteiger charge is -2.35. The van der Waals surface area contributed by atoms with Crippen LogP contribution < -0.4 is 5.32 Å². The molecule has 2 aromatic heterocycles. The lowest BCUT2D eigenvalue weighted by atomic mass is 10.0. The number of ether oxygens (including phenoxy) is 1. The van der Waals surface area contributed by atoms with E-state index in [1.165, 1.54) is 11.3 Å². The van der Waals surface area contributed by atoms with E-state index in [9.17, 15) is 4.79 Å². The van der Waals surface area contributed by atoms with Gasteiger partial charge in [0.2, 0.25) is 0 Å². The number of benzene rings is 1. The Labute approximate surface area is 183 Å². The van der Waals surface area contributed by atoms with E-state index in [0.717, 1.165) is 34.2 Å². The van der Waals surface area contributed by atoms with E-state index >= 15 is 0 Å². The Hall–Kier alpha value is -1.77. The molecule has 0 bridgehead atoms. The van der Waals surface area contributed by atoms with Gasteiger partial charge in [0.25, 0.3) is 5.91 Å². The second-order valence-electron chi connectivity index (χ2n) is 6.84. The average molecular weight is 448 g/mol. The van der Waals surface area contributed by atoms with Gasteiger partial charge in [-0.05, 0) is 36.1 Å². The Balaban J connectivity index is 1.49. The topological polar surface area (TPSA) is 54.5 Å². The van der Waals surface area contributed by atoms with Gasteiger partial charge in [0.15, 0.2) is 0 Å². The summed E-state index contributed by atoms with van der Waals surface area (Å²) in [4.78, 5) is 21.6. The molecule has 4 rings (SSSR count). The summed E-state index contributed by atoms with van der Waals surface area (Å²) in [5.41, 5.74) is 1.90. The zero-order valence-electron chi connectivity index (χ0n) is 16.1. The first-order valence-corrected chi connectivity index (χ1v) is 11.6. The second kappa shape index (κ2) is 9.36. The number of thiophene rings is 1. The Morgan fingerprint density at radius 3 is 2.72 bits per heavy atom. The molecule has 1 aliphatic rings. The van der Waals surface area contributed by atoms with Crippen molar-refractivity contribution in [1.82, 2.24) is 15.2 Å². The summed E-state index contributed by atoms with van der Waals surface area (Å²) >= 11 is 9.14. The number of amides is 1. The number of halogens is 1. The molecule has 0 spiro atoms. The zero-order valence-corrected chi connectivity index (χ0v) is 18.4. The summed E-state index contributed by atoms with van der Waals surface area (Å²) < 4.78 is 5.50. The van der Waals surface area contributed by atoms with Crippen molar-refractivity contribution in [3.05, 3.63) is 62.9 Å². The summed E-state index contributed by atoms with van der Waals surface area (Å²) in [6, 6.07) is 11.9. The van der Waals surface area contributed by atoms with E-state index in [1.54, 1.807) is 11.3 Å². The molecular weight excluding hydrogens is 426 g/mol. The second-order valence-corrected chi connectivity index (χ2v) is 9.22. The van der Waals surface area contributed by atoms with Gasteiger partial charge in [-0.3, -0.25) is 9.69 Å². The van der Waals surface area contributed by atoms with Crippen molar-refractivity contribution in [3.8, 4) is 9.88 Å². The molecule has 1 atom stereocenters. The van der Waals surface area contributed by atoms with Gasteiger partial charge < -0.3 is 10.1 Å². The minimum Gasteiger partial charge on any atom is -0.379 e. The van der Waals surface area contributed by atoms with Crippen molar-refractivity contribution < 1.29 is 9.53 Å². The van der Waals surface area contributed by atoms with Crippen molar-refractivity contribution in [1.29, 1.82) is 0 Å². The molecule has 1 saturated heterocycles. The monoisotopic (exact) mass is 447 g/mol. The first-order chi connectivity index (χ1) is 14.1. The Kier molecular flexibility index (Phi) is 6.62. The number of carbonyl (C=O) groups excluding carboxylic acids is 1. The summed E-state index contributed by atoms with van der Waals surface area (Å²) in [5, 5.41) is 6.75. The van der Waals surface area contributed by atoms with Gasteiger partial charge in [0, 0.05) is 24.7 Å². The number of hydrogen-bond acceptors (Lipinski definition) is 6. The number of morpholine rings is 1. The van der Waals surface area contributed by atoms with Gasteiger partial charge in [0.05, 0.1) is 29.8 Å². The molecule has 3 aromatic rings. The number of nitrogens with zero attached hydrogens (tertiary/aromatic N) is 2. The minimum absolute atomic E-state index is 0.0740. The van der Waals surface area contributed by atoms with Crippen molar-refractivity contribution in [2.24, 2.45) is 0 Å². The Morgan fingerprint density at radius 2 is 2.03 bits per heavy atom. The van der Waals surface area contributed by atoms with Crippen LogP contribution in [0.4, 0.5) is 0 Å². The van der Waals surface area contributed by atoms with Crippen LogP contribution in [0.3, 0.4) is 0 Å². The molecule has 3 heterocycles. The molecule has 1 amide bonds. The van der Waals surface area contributed by atoms with Crippen molar-refractivity contribution in [3.63, 3.8) is 0 Å². The van der Waals surface area contributed by atoms with Crippen LogP contribution in [-0.4, -0.2) is 48.6 Å². The van der Waals surface area contributed by atoms with E-state index in [-0.39, 0.29) is 11.9 Å². The summed E-state index contributed by atoms with van der Waals surface area (Å²) in [7, 11) is 0. The van der Waals surface area contributed by atoms with Gasteiger partial charge >= 0.3 is 0 Å². The normalized spacial score (nSPS) is 15.9. The predicted octanol–water partition coefficient (Wildman–Crippen LogP) is 4.64. The number of thiazole rings is 1. The molecular formula is C21H22ClN3O2S2. The lowest BCUT2D eigenvalue weighted by molar-refractivity contribution is 0.0162. The molecule has 8 heteroatoms. The van der Waals surface area contributed by atoms with Gasteiger partial charge in [-0.15, -0.1) is 22.7 Å². The molecule has 5 nitrogen and oxygen atoms in total. The smallest absolute Gasteiger partial charge is 0.263 e. The number of rotatable bonds is 6. The van der Waals surface area contributed by atoms with Crippen LogP contribution in [0.5, 0.6) is 0 Å². The van der Waals surface area contributed by atoms with Crippen LogP contribution in [0.15, 0.2) is 41.8 Å². The van der Waals surface area contributed by atoms with E-state index in [0.29, 0.717) is 29.7 Å². The first kappa shape index (κ1) is 20.5. The average Bonchev–Trinajstić information content (AvgIpc) is 3.40. The molecule has 152 valence electrons. The molecule has 0 radical (unpaired) electrons. The summed E-state index contributed by atoms with van der Waals surface area (Å²) in [6.07, 6.45) is 0. The lowest BCUT2D eigenvalue weighted by Crippen LogP contribution is -2.43. The van der Waals surface area contributed by atoms with Gasteiger partial charge in [-0.25, -0.2) is 4.98 Å². The van der Waals surface area contributed by atoms with Crippen molar-refractivity contribution in [2.45, 2.75) is 13.0 Å². The van der Waals surface area contributed by atoms with E-state index in [1.807, 2.05) is 48.7 Å². The van der Waals surface area contributed by atoms with Crippen LogP contribution in [0, 0.1) is 6.92 Å². The number of carbonyl (C=O) groups is 1. The number of aromatic nitrogens is 1. The van der Waals surface area contributed by atoms with Gasteiger partial charge in [0.1, 0.15) is 9.88 Å². The minimum atomic E-state index is -0.0740. The maximum Gasteiger partial charge on any atom is 0.263 e. The van der Waals surface area contributed by atoms with Crippen LogP contribution in [0.1, 0.15) is 27.0 Å². The summed E-state index contributed by atoms with van der Waals surface area (Å²) in [5.74, 6) is -0.0740. The highest BCUT2D eigenvalue weighted by molar-refractivity contribution is 7.22. The summed E-state index contributed by atoms with van der Waals surface area (Å²) in [6.45, 7) is 5.50. The maximum atomic E-state index is 12.9. The first-order valence-electron chi connectivity index (χ1n) is 9.48.